The van der Waals surface area contributed by atoms with Crippen LogP contribution in [0.25, 0.3) is 22.3 Å². The molecule has 4 aromatic rings. The van der Waals surface area contributed by atoms with Gasteiger partial charge in [-0.1, -0.05) is 78.9 Å². The lowest BCUT2D eigenvalue weighted by Gasteiger charge is -2.19. The maximum absolute atomic E-state index is 12.5. The van der Waals surface area contributed by atoms with E-state index in [1.165, 1.54) is 16.7 Å². The van der Waals surface area contributed by atoms with E-state index in [1.807, 2.05) is 25.1 Å². The van der Waals surface area contributed by atoms with E-state index in [4.69, 9.17) is 5.73 Å². The molecule has 154 valence electrons. The number of fused-ring (bicyclic) bond motifs is 1. The third-order valence-corrected chi connectivity index (χ3v) is 6.64. The summed E-state index contributed by atoms with van der Waals surface area (Å²) in [5, 5.41) is 0. The molecule has 2 N–H and O–H groups in total. The third kappa shape index (κ3) is 3.17. The normalized spacial score (nSPS) is 15.1. The molecule has 1 heterocycles. The molecule has 1 atom stereocenters. The average molecular weight is 407 g/mol. The molecular weight excluding hydrogens is 380 g/mol. The van der Waals surface area contributed by atoms with Crippen LogP contribution in [0.1, 0.15) is 45.3 Å². The molecule has 1 aliphatic rings. The minimum absolute atomic E-state index is 0.242. The number of primary amides is 1. The Labute approximate surface area is 183 Å². The van der Waals surface area contributed by atoms with Crippen molar-refractivity contribution in [3.8, 4) is 22.3 Å². The highest BCUT2D eigenvalue weighted by Gasteiger charge is 2.30. The predicted molar refractivity (Wildman–Crippen MR) is 126 cm³/mol. The fourth-order valence-corrected chi connectivity index (χ4v) is 5.24. The van der Waals surface area contributed by atoms with Crippen LogP contribution in [0.2, 0.25) is 0 Å². The van der Waals surface area contributed by atoms with Gasteiger partial charge in [0.2, 0.25) is 0 Å². The summed E-state index contributed by atoms with van der Waals surface area (Å²) in [6, 6.07) is 27.6. The molecule has 31 heavy (non-hydrogen) atoms. The molecule has 0 spiro atoms. The highest BCUT2D eigenvalue weighted by Crippen LogP contribution is 2.41. The molecule has 3 aromatic carbocycles. The van der Waals surface area contributed by atoms with E-state index < -0.39 is 0 Å². The summed E-state index contributed by atoms with van der Waals surface area (Å²) in [4.78, 5) is 12.5. The van der Waals surface area contributed by atoms with Crippen molar-refractivity contribution in [2.75, 3.05) is 0 Å². The lowest BCUT2D eigenvalue weighted by atomic mass is 9.97. The van der Waals surface area contributed by atoms with Crippen LogP contribution in [0, 0.1) is 13.8 Å². The fourth-order valence-electron chi connectivity index (χ4n) is 5.24. The minimum Gasteiger partial charge on any atom is -0.366 e. The largest absolute Gasteiger partial charge is 0.366 e. The van der Waals surface area contributed by atoms with Crippen molar-refractivity contribution in [2.45, 2.75) is 32.7 Å². The van der Waals surface area contributed by atoms with Crippen molar-refractivity contribution in [1.82, 2.24) is 4.57 Å². The van der Waals surface area contributed by atoms with Crippen molar-refractivity contribution in [3.63, 3.8) is 0 Å². The molecule has 0 fully saturated rings. The SMILES string of the molecule is Cc1c(C(N)=O)c(-c2ccc(-c3ccccc3)cc2)c(C)n1C1CCc2ccccc21. The van der Waals surface area contributed by atoms with Crippen LogP contribution >= 0.6 is 0 Å². The summed E-state index contributed by atoms with van der Waals surface area (Å²) in [6.45, 7) is 4.14. The van der Waals surface area contributed by atoms with Gasteiger partial charge in [-0.05, 0) is 54.5 Å². The number of aryl methyl sites for hydroxylation is 1. The first-order valence-electron chi connectivity index (χ1n) is 10.8. The number of benzene rings is 3. The molecule has 1 amide bonds. The van der Waals surface area contributed by atoms with E-state index in [9.17, 15) is 4.79 Å². The van der Waals surface area contributed by atoms with Gasteiger partial charge in [-0.3, -0.25) is 4.79 Å². The summed E-state index contributed by atoms with van der Waals surface area (Å²) in [7, 11) is 0. The molecule has 5 rings (SSSR count). The molecule has 0 bridgehead atoms. The van der Waals surface area contributed by atoms with Gasteiger partial charge in [0.1, 0.15) is 0 Å². The van der Waals surface area contributed by atoms with Crippen LogP contribution < -0.4 is 5.73 Å². The van der Waals surface area contributed by atoms with E-state index in [2.05, 4.69) is 72.2 Å². The van der Waals surface area contributed by atoms with Crippen molar-refractivity contribution < 1.29 is 4.79 Å². The Morgan fingerprint density at radius 1 is 0.806 bits per heavy atom. The Kier molecular flexibility index (Phi) is 4.74. The van der Waals surface area contributed by atoms with E-state index in [0.717, 1.165) is 40.9 Å². The molecule has 0 saturated carbocycles. The number of carbonyl (C=O) groups is 1. The first-order valence-corrected chi connectivity index (χ1v) is 10.8. The van der Waals surface area contributed by atoms with Crippen molar-refractivity contribution in [1.29, 1.82) is 0 Å². The Balaban J connectivity index is 1.63. The van der Waals surface area contributed by atoms with Gasteiger partial charge < -0.3 is 10.3 Å². The van der Waals surface area contributed by atoms with E-state index in [-0.39, 0.29) is 11.9 Å². The minimum atomic E-state index is -0.368. The quantitative estimate of drug-likeness (QED) is 0.439. The Hall–Kier alpha value is -3.59. The summed E-state index contributed by atoms with van der Waals surface area (Å²) in [5.41, 5.74) is 15.6. The molecule has 1 aromatic heterocycles. The summed E-state index contributed by atoms with van der Waals surface area (Å²) in [5.74, 6) is -0.368. The van der Waals surface area contributed by atoms with Gasteiger partial charge in [-0.25, -0.2) is 0 Å². The number of nitrogens with two attached hydrogens (primary N) is 1. The van der Waals surface area contributed by atoms with Gasteiger partial charge >= 0.3 is 0 Å². The van der Waals surface area contributed by atoms with Crippen molar-refractivity contribution in [2.24, 2.45) is 5.73 Å². The van der Waals surface area contributed by atoms with Crippen LogP contribution in [0.5, 0.6) is 0 Å². The molecular formula is C28H26N2O. The van der Waals surface area contributed by atoms with Crippen LogP contribution in [-0.2, 0) is 6.42 Å². The second kappa shape index (κ2) is 7.59. The lowest BCUT2D eigenvalue weighted by Crippen LogP contribution is -2.15. The number of rotatable bonds is 4. The summed E-state index contributed by atoms with van der Waals surface area (Å²) < 4.78 is 2.33. The van der Waals surface area contributed by atoms with E-state index >= 15 is 0 Å². The fraction of sp³-hybridized carbons (Fsp3) is 0.179. The Bertz CT molecular complexity index is 1270. The van der Waals surface area contributed by atoms with Gasteiger partial charge in [0.05, 0.1) is 11.6 Å². The first kappa shape index (κ1) is 19.4. The van der Waals surface area contributed by atoms with Crippen LogP contribution in [0.4, 0.5) is 0 Å². The number of hydrogen-bond acceptors (Lipinski definition) is 1. The van der Waals surface area contributed by atoms with Gasteiger partial charge in [0.15, 0.2) is 0 Å². The molecule has 0 aliphatic heterocycles. The zero-order valence-corrected chi connectivity index (χ0v) is 17.9. The number of hydrogen-bond donors (Lipinski definition) is 1. The Morgan fingerprint density at radius 3 is 2.13 bits per heavy atom. The highest BCUT2D eigenvalue weighted by molar-refractivity contribution is 6.02. The monoisotopic (exact) mass is 406 g/mol. The van der Waals surface area contributed by atoms with E-state index in [1.54, 1.807) is 0 Å². The molecule has 1 unspecified atom stereocenters. The molecule has 1 aliphatic carbocycles. The zero-order valence-electron chi connectivity index (χ0n) is 17.9. The summed E-state index contributed by atoms with van der Waals surface area (Å²) >= 11 is 0. The number of nitrogens with zero attached hydrogens (tertiary/aromatic N) is 1. The van der Waals surface area contributed by atoms with Crippen LogP contribution in [0.15, 0.2) is 78.9 Å². The highest BCUT2D eigenvalue weighted by atomic mass is 16.1. The predicted octanol–water partition coefficient (Wildman–Crippen LogP) is 6.07. The molecule has 3 nitrogen and oxygen atoms in total. The van der Waals surface area contributed by atoms with Gasteiger partial charge in [0.25, 0.3) is 5.91 Å². The molecule has 3 heteroatoms. The third-order valence-electron chi connectivity index (χ3n) is 6.64. The second-order valence-electron chi connectivity index (χ2n) is 8.35. The number of carbonyl (C=O) groups excluding carboxylic acids is 1. The maximum atomic E-state index is 12.5. The number of amides is 1. The van der Waals surface area contributed by atoms with Gasteiger partial charge in [-0.2, -0.15) is 0 Å². The standard InChI is InChI=1S/C28H26N2O/c1-18-26(23-14-12-21(13-15-23)20-8-4-3-5-9-20)27(28(29)31)19(2)30(18)25-17-16-22-10-6-7-11-24(22)25/h3-15,25H,16-17H2,1-2H3,(H2,29,31). The lowest BCUT2D eigenvalue weighted by molar-refractivity contribution is 0.1000. The average Bonchev–Trinajstić information content (AvgIpc) is 3.32. The number of aromatic nitrogens is 1. The second-order valence-corrected chi connectivity index (χ2v) is 8.35. The first-order chi connectivity index (χ1) is 15.1. The smallest absolute Gasteiger partial charge is 0.251 e. The van der Waals surface area contributed by atoms with Gasteiger partial charge in [-0.15, -0.1) is 0 Å². The maximum Gasteiger partial charge on any atom is 0.251 e. The Morgan fingerprint density at radius 2 is 1.42 bits per heavy atom. The molecule has 0 saturated heterocycles. The van der Waals surface area contributed by atoms with Crippen LogP contribution in [-0.4, -0.2) is 10.5 Å². The summed E-state index contributed by atoms with van der Waals surface area (Å²) in [6.07, 6.45) is 2.10. The topological polar surface area (TPSA) is 48.0 Å². The van der Waals surface area contributed by atoms with Gasteiger partial charge in [0, 0.05) is 17.0 Å². The van der Waals surface area contributed by atoms with Crippen molar-refractivity contribution >= 4 is 5.91 Å². The molecule has 0 radical (unpaired) electrons. The van der Waals surface area contributed by atoms with Crippen LogP contribution in [0.3, 0.4) is 0 Å². The van der Waals surface area contributed by atoms with Crippen molar-refractivity contribution in [3.05, 3.63) is 107 Å². The zero-order chi connectivity index (χ0) is 21.5. The van der Waals surface area contributed by atoms with E-state index in [0.29, 0.717) is 5.56 Å².